The van der Waals surface area contributed by atoms with Crippen molar-refractivity contribution in [2.75, 3.05) is 0 Å². The Morgan fingerprint density at radius 1 is 1.47 bits per heavy atom. The Kier molecular flexibility index (Phi) is 3.13. The van der Waals surface area contributed by atoms with Gasteiger partial charge in [0.15, 0.2) is 0 Å². The summed E-state index contributed by atoms with van der Waals surface area (Å²) in [7, 11) is 0. The molecule has 0 saturated heterocycles. The molecule has 90 valence electrons. The van der Waals surface area contributed by atoms with Crippen LogP contribution in [-0.4, -0.2) is 15.0 Å². The average Bonchev–Trinajstić information content (AvgIpc) is 2.61. The Morgan fingerprint density at radius 2 is 2.18 bits per heavy atom. The van der Waals surface area contributed by atoms with Crippen molar-refractivity contribution < 1.29 is 4.39 Å². The van der Waals surface area contributed by atoms with Crippen LogP contribution in [0.2, 0.25) is 5.02 Å². The van der Waals surface area contributed by atoms with E-state index in [-0.39, 0.29) is 16.8 Å². The van der Waals surface area contributed by atoms with Gasteiger partial charge >= 0.3 is 0 Å². The van der Waals surface area contributed by atoms with Crippen LogP contribution in [-0.2, 0) is 0 Å². The van der Waals surface area contributed by atoms with E-state index in [1.165, 1.54) is 10.7 Å². The minimum absolute atomic E-state index is 0.200. The standard InChI is InChI=1S/C11H12ClFN4/c1-6(14)10-7(2)17(16-15-10)11-8(12)4-3-5-9(11)13/h3-6H,14H2,1-2H3. The van der Waals surface area contributed by atoms with Gasteiger partial charge in [-0.05, 0) is 26.0 Å². The van der Waals surface area contributed by atoms with Gasteiger partial charge in [0.2, 0.25) is 0 Å². The highest BCUT2D eigenvalue weighted by Crippen LogP contribution is 2.25. The fourth-order valence-electron chi connectivity index (χ4n) is 1.67. The van der Waals surface area contributed by atoms with Gasteiger partial charge in [-0.2, -0.15) is 0 Å². The van der Waals surface area contributed by atoms with Crippen LogP contribution in [0.15, 0.2) is 18.2 Å². The normalized spacial score (nSPS) is 12.8. The van der Waals surface area contributed by atoms with E-state index >= 15 is 0 Å². The first-order valence-corrected chi connectivity index (χ1v) is 5.52. The van der Waals surface area contributed by atoms with E-state index in [9.17, 15) is 4.39 Å². The predicted molar refractivity (Wildman–Crippen MR) is 63.7 cm³/mol. The maximum Gasteiger partial charge on any atom is 0.150 e. The smallest absolute Gasteiger partial charge is 0.150 e. The molecule has 2 N–H and O–H groups in total. The van der Waals surface area contributed by atoms with E-state index in [1.807, 2.05) is 0 Å². The molecular formula is C11H12ClFN4. The van der Waals surface area contributed by atoms with Crippen LogP contribution in [0, 0.1) is 12.7 Å². The topological polar surface area (TPSA) is 56.7 Å². The van der Waals surface area contributed by atoms with Crippen molar-refractivity contribution in [3.8, 4) is 5.69 Å². The SMILES string of the molecule is Cc1c(C(C)N)nnn1-c1c(F)cccc1Cl. The molecule has 0 aliphatic heterocycles. The van der Waals surface area contributed by atoms with Crippen LogP contribution in [0.5, 0.6) is 0 Å². The monoisotopic (exact) mass is 254 g/mol. The van der Waals surface area contributed by atoms with Crippen LogP contribution >= 0.6 is 11.6 Å². The van der Waals surface area contributed by atoms with E-state index < -0.39 is 5.82 Å². The second-order valence-electron chi connectivity index (χ2n) is 3.83. The van der Waals surface area contributed by atoms with Crippen molar-refractivity contribution >= 4 is 11.6 Å². The average molecular weight is 255 g/mol. The Morgan fingerprint density at radius 3 is 2.71 bits per heavy atom. The van der Waals surface area contributed by atoms with E-state index in [0.29, 0.717) is 11.4 Å². The molecule has 0 aliphatic rings. The largest absolute Gasteiger partial charge is 0.323 e. The first kappa shape index (κ1) is 12.0. The number of nitrogens with two attached hydrogens (primary N) is 1. The van der Waals surface area contributed by atoms with Gasteiger partial charge in [-0.25, -0.2) is 9.07 Å². The zero-order chi connectivity index (χ0) is 12.6. The van der Waals surface area contributed by atoms with Gasteiger partial charge in [-0.1, -0.05) is 22.9 Å². The third-order valence-electron chi connectivity index (χ3n) is 2.51. The highest BCUT2D eigenvalue weighted by Gasteiger charge is 2.17. The molecule has 1 atom stereocenters. The van der Waals surface area contributed by atoms with Gasteiger partial charge in [0.25, 0.3) is 0 Å². The van der Waals surface area contributed by atoms with E-state index in [4.69, 9.17) is 17.3 Å². The third-order valence-corrected chi connectivity index (χ3v) is 2.82. The van der Waals surface area contributed by atoms with E-state index in [1.54, 1.807) is 26.0 Å². The minimum atomic E-state index is -0.443. The fourth-order valence-corrected chi connectivity index (χ4v) is 1.91. The molecule has 0 aliphatic carbocycles. The summed E-state index contributed by atoms with van der Waals surface area (Å²) in [6, 6.07) is 4.22. The lowest BCUT2D eigenvalue weighted by Crippen LogP contribution is -2.08. The van der Waals surface area contributed by atoms with Crippen LogP contribution in [0.4, 0.5) is 4.39 Å². The number of benzene rings is 1. The molecule has 0 fully saturated rings. The molecule has 0 spiro atoms. The van der Waals surface area contributed by atoms with Gasteiger partial charge in [0.05, 0.1) is 10.7 Å². The molecule has 4 nitrogen and oxygen atoms in total. The first-order valence-electron chi connectivity index (χ1n) is 5.14. The van der Waals surface area contributed by atoms with Crippen LogP contribution in [0.25, 0.3) is 5.69 Å². The number of nitrogens with zero attached hydrogens (tertiary/aromatic N) is 3. The zero-order valence-corrected chi connectivity index (χ0v) is 10.2. The van der Waals surface area contributed by atoms with Crippen LogP contribution in [0.3, 0.4) is 0 Å². The molecule has 1 aromatic heterocycles. The summed E-state index contributed by atoms with van der Waals surface area (Å²) in [5, 5.41) is 8.11. The molecule has 6 heteroatoms. The van der Waals surface area contributed by atoms with Gasteiger partial charge in [-0.3, -0.25) is 0 Å². The highest BCUT2D eigenvalue weighted by molar-refractivity contribution is 6.32. The number of rotatable bonds is 2. The summed E-state index contributed by atoms with van der Waals surface area (Å²) in [5.74, 6) is -0.443. The van der Waals surface area contributed by atoms with Crippen molar-refractivity contribution in [1.29, 1.82) is 0 Å². The lowest BCUT2D eigenvalue weighted by molar-refractivity contribution is 0.605. The van der Waals surface area contributed by atoms with Gasteiger partial charge < -0.3 is 5.73 Å². The quantitative estimate of drug-likeness (QED) is 0.895. The lowest BCUT2D eigenvalue weighted by atomic mass is 10.2. The fraction of sp³-hybridized carbons (Fsp3) is 0.273. The first-order chi connectivity index (χ1) is 8.02. The summed E-state index contributed by atoms with van der Waals surface area (Å²) in [4.78, 5) is 0. The molecular weight excluding hydrogens is 243 g/mol. The van der Waals surface area contributed by atoms with Crippen LogP contribution < -0.4 is 5.73 Å². The maximum absolute atomic E-state index is 13.7. The third kappa shape index (κ3) is 2.03. The van der Waals surface area contributed by atoms with Crippen molar-refractivity contribution in [1.82, 2.24) is 15.0 Å². The number of para-hydroxylation sites is 1. The van der Waals surface area contributed by atoms with Crippen molar-refractivity contribution in [2.45, 2.75) is 19.9 Å². The van der Waals surface area contributed by atoms with Gasteiger partial charge in [0, 0.05) is 6.04 Å². The molecule has 1 unspecified atom stereocenters. The molecule has 17 heavy (non-hydrogen) atoms. The summed E-state index contributed by atoms with van der Waals surface area (Å²) < 4.78 is 15.1. The molecule has 1 heterocycles. The van der Waals surface area contributed by atoms with E-state index in [0.717, 1.165) is 0 Å². The van der Waals surface area contributed by atoms with E-state index in [2.05, 4.69) is 10.3 Å². The predicted octanol–water partition coefficient (Wildman–Crippen LogP) is 2.39. The molecule has 2 aromatic rings. The summed E-state index contributed by atoms with van der Waals surface area (Å²) in [6.45, 7) is 3.58. The second kappa shape index (κ2) is 4.43. The number of hydrogen-bond donors (Lipinski definition) is 1. The molecule has 0 bridgehead atoms. The Bertz CT molecular complexity index is 530. The second-order valence-corrected chi connectivity index (χ2v) is 4.24. The Balaban J connectivity index is 2.62. The molecule has 1 aromatic carbocycles. The van der Waals surface area contributed by atoms with Crippen molar-refractivity contribution in [3.63, 3.8) is 0 Å². The van der Waals surface area contributed by atoms with Gasteiger partial charge in [-0.15, -0.1) is 5.10 Å². The number of halogens is 2. The van der Waals surface area contributed by atoms with Gasteiger partial charge in [0.1, 0.15) is 17.2 Å². The molecule has 0 radical (unpaired) electrons. The van der Waals surface area contributed by atoms with Crippen LogP contribution in [0.1, 0.15) is 24.4 Å². The zero-order valence-electron chi connectivity index (χ0n) is 9.48. The minimum Gasteiger partial charge on any atom is -0.323 e. The molecule has 2 rings (SSSR count). The molecule has 0 saturated carbocycles. The van der Waals surface area contributed by atoms with Crippen molar-refractivity contribution in [2.24, 2.45) is 5.73 Å². The maximum atomic E-state index is 13.7. The number of aromatic nitrogens is 3. The molecule has 0 amide bonds. The van der Waals surface area contributed by atoms with Crippen molar-refractivity contribution in [3.05, 3.63) is 40.4 Å². The number of hydrogen-bond acceptors (Lipinski definition) is 3. The Hall–Kier alpha value is -1.46. The highest BCUT2D eigenvalue weighted by atomic mass is 35.5. The summed E-state index contributed by atoms with van der Waals surface area (Å²) >= 11 is 5.96. The summed E-state index contributed by atoms with van der Waals surface area (Å²) in [6.07, 6.45) is 0. The Labute approximate surface area is 103 Å². The lowest BCUT2D eigenvalue weighted by Gasteiger charge is -2.08. The summed E-state index contributed by atoms with van der Waals surface area (Å²) in [5.41, 5.74) is 7.26.